The average Bonchev–Trinajstić information content (AvgIpc) is 3.25. The summed E-state index contributed by atoms with van der Waals surface area (Å²) in [5, 5.41) is 28.8. The van der Waals surface area contributed by atoms with Gasteiger partial charge in [-0.25, -0.2) is 9.23 Å². The van der Waals surface area contributed by atoms with Gasteiger partial charge in [0.1, 0.15) is 0 Å². The molecule has 0 bridgehead atoms. The molecule has 0 radical (unpaired) electrons. The minimum atomic E-state index is -2.12. The number of fused-ring (bicyclic) bond motifs is 5. The molecule has 48 heavy (non-hydrogen) atoms. The summed E-state index contributed by atoms with van der Waals surface area (Å²) in [6.45, 7) is 6.46. The molecule has 8 atom stereocenters. The molecular formula is C36H46FNO10. The maximum Gasteiger partial charge on any atom is 0.310 e. The monoisotopic (exact) mass is 671 g/mol. The highest BCUT2D eigenvalue weighted by Crippen LogP contribution is 2.71. The molecule has 0 heterocycles. The first kappa shape index (κ1) is 36.0. The summed E-state index contributed by atoms with van der Waals surface area (Å²) in [5.74, 6) is -3.77. The van der Waals surface area contributed by atoms with Crippen LogP contribution in [0, 0.1) is 28.6 Å². The van der Waals surface area contributed by atoms with E-state index in [1.807, 2.05) is 6.92 Å². The lowest BCUT2D eigenvalue weighted by atomic mass is 9.44. The zero-order chi connectivity index (χ0) is 35.1. The number of esters is 2. The molecule has 3 fully saturated rings. The number of allylic oxidation sites excluding steroid dienone is 4. The van der Waals surface area contributed by atoms with E-state index in [-0.39, 0.29) is 31.7 Å². The third-order valence-electron chi connectivity index (χ3n) is 11.7. The summed E-state index contributed by atoms with van der Waals surface area (Å²) in [6.07, 6.45) is 5.08. The van der Waals surface area contributed by atoms with Crippen LogP contribution in [-0.2, 0) is 46.5 Å². The van der Waals surface area contributed by atoms with Gasteiger partial charge in [0.15, 0.2) is 23.7 Å². The predicted octanol–water partition coefficient (Wildman–Crippen LogP) is 4.94. The first-order chi connectivity index (χ1) is 22.6. The highest BCUT2D eigenvalue weighted by atomic mass is 19.1. The van der Waals surface area contributed by atoms with Crippen LogP contribution < -0.4 is 0 Å². The number of halogens is 1. The third kappa shape index (κ3) is 5.95. The molecule has 11 nitrogen and oxygen atoms in total. The van der Waals surface area contributed by atoms with Crippen LogP contribution in [0.5, 0.6) is 0 Å². The van der Waals surface area contributed by atoms with Crippen molar-refractivity contribution in [2.75, 3.05) is 6.61 Å². The van der Waals surface area contributed by atoms with Crippen LogP contribution in [0.3, 0.4) is 0 Å². The van der Waals surface area contributed by atoms with Crippen LogP contribution in [0.2, 0.25) is 0 Å². The van der Waals surface area contributed by atoms with Gasteiger partial charge in [-0.1, -0.05) is 63.1 Å². The van der Waals surface area contributed by atoms with Gasteiger partial charge in [-0.05, 0) is 68.2 Å². The van der Waals surface area contributed by atoms with Crippen LogP contribution in [0.1, 0.15) is 83.8 Å². The van der Waals surface area contributed by atoms with Crippen molar-refractivity contribution in [1.29, 1.82) is 0 Å². The molecule has 1 unspecified atom stereocenters. The number of hydrogen-bond acceptors (Lipinski definition) is 11. The van der Waals surface area contributed by atoms with Crippen LogP contribution in [0.25, 0.3) is 0 Å². The summed E-state index contributed by atoms with van der Waals surface area (Å²) in [7, 11) is 0. The van der Waals surface area contributed by atoms with Crippen LogP contribution in [0.4, 0.5) is 4.39 Å². The van der Waals surface area contributed by atoms with E-state index < -0.39 is 75.7 Å². The molecule has 0 amide bonds. The number of ether oxygens (including phenoxy) is 2. The van der Waals surface area contributed by atoms with Gasteiger partial charge in [-0.2, -0.15) is 0 Å². The minimum Gasteiger partial charge on any atom is -0.457 e. The van der Waals surface area contributed by atoms with E-state index in [1.54, 1.807) is 51.1 Å². The SMILES string of the molecule is CCCCC(=O)O[C@]1(C(=O)COC(=O)Cc2ccc(CON(O)O)cc2)[C@@H](C)C[C@H]2C3CCC4=CC(=O)C=C[C@]4(C)[C@@]3(F)[C@@H](O)C[C@@]21C. The van der Waals surface area contributed by atoms with Gasteiger partial charge in [0.2, 0.25) is 5.78 Å². The van der Waals surface area contributed by atoms with Crippen molar-refractivity contribution in [2.24, 2.45) is 28.6 Å². The first-order valence-corrected chi connectivity index (χ1v) is 16.7. The topological polar surface area (TPSA) is 160 Å². The Bertz CT molecular complexity index is 1490. The number of carbonyl (C=O) groups is 4. The zero-order valence-corrected chi connectivity index (χ0v) is 27.9. The summed E-state index contributed by atoms with van der Waals surface area (Å²) in [6, 6.07) is 6.54. The van der Waals surface area contributed by atoms with Crippen LogP contribution in [-0.4, -0.2) is 68.4 Å². The average molecular weight is 672 g/mol. The Balaban J connectivity index is 1.40. The number of aliphatic hydroxyl groups is 1. The molecule has 0 spiro atoms. The smallest absolute Gasteiger partial charge is 0.310 e. The second kappa shape index (κ2) is 13.5. The van der Waals surface area contributed by atoms with Gasteiger partial charge < -0.3 is 14.6 Å². The van der Waals surface area contributed by atoms with Gasteiger partial charge in [-0.15, -0.1) is 0 Å². The molecule has 4 aliphatic carbocycles. The number of Topliss-reactive ketones (excluding diaryl/α,β-unsaturated/α-hetero) is 1. The van der Waals surface area contributed by atoms with Gasteiger partial charge in [0.05, 0.1) is 24.5 Å². The van der Waals surface area contributed by atoms with Crippen molar-refractivity contribution in [1.82, 2.24) is 5.39 Å². The Kier molecular flexibility index (Phi) is 10.2. The standard InChI is InChI=1S/C36H46FNO10/c1-5-6-7-31(42)48-36(30(41)21-46-32(43)17-23-8-10-24(11-9-23)20-47-38(44)45)22(2)16-28-27-13-12-25-18-26(39)14-15-33(25,3)35(27,37)29(40)19-34(28,36)4/h8-11,14-15,18,22,27-29,40,44-45H,5-7,12-13,16-17,19-21H2,1-4H3/t22-,27?,28-,29-,33-,34-,35-,36-/m0/s1. The third-order valence-corrected chi connectivity index (χ3v) is 11.7. The van der Waals surface area contributed by atoms with E-state index in [0.29, 0.717) is 42.4 Å². The molecule has 1 aromatic carbocycles. The number of nitrogens with zero attached hydrogens (tertiary/aromatic N) is 1. The van der Waals surface area contributed by atoms with Gasteiger partial charge in [0.25, 0.3) is 0 Å². The summed E-state index contributed by atoms with van der Waals surface area (Å²) < 4.78 is 29.4. The first-order valence-electron chi connectivity index (χ1n) is 16.7. The highest BCUT2D eigenvalue weighted by molar-refractivity contribution is 6.01. The zero-order valence-electron chi connectivity index (χ0n) is 27.9. The van der Waals surface area contributed by atoms with Crippen molar-refractivity contribution in [3.63, 3.8) is 0 Å². The van der Waals surface area contributed by atoms with E-state index >= 15 is 4.39 Å². The molecule has 4 aliphatic rings. The number of alkyl halides is 1. The number of unbranched alkanes of at least 4 members (excludes halogenated alkanes) is 1. The number of rotatable bonds is 12. The molecule has 3 saturated carbocycles. The number of hydrogen-bond donors (Lipinski definition) is 3. The maximum atomic E-state index is 17.7. The second-order valence-corrected chi connectivity index (χ2v) is 14.3. The Hall–Kier alpha value is -3.29. The van der Waals surface area contributed by atoms with Crippen LogP contribution >= 0.6 is 0 Å². The van der Waals surface area contributed by atoms with Gasteiger partial charge in [-0.3, -0.25) is 29.6 Å². The van der Waals surface area contributed by atoms with Crippen molar-refractivity contribution in [3.8, 4) is 0 Å². The van der Waals surface area contributed by atoms with Crippen molar-refractivity contribution >= 4 is 23.5 Å². The fourth-order valence-electron chi connectivity index (χ4n) is 9.31. The fourth-order valence-corrected chi connectivity index (χ4v) is 9.31. The van der Waals surface area contributed by atoms with Gasteiger partial charge >= 0.3 is 11.9 Å². The Morgan fingerprint density at radius 3 is 2.42 bits per heavy atom. The number of ketones is 2. The lowest BCUT2D eigenvalue weighted by molar-refractivity contribution is -0.497. The summed E-state index contributed by atoms with van der Waals surface area (Å²) in [4.78, 5) is 57.4. The second-order valence-electron chi connectivity index (χ2n) is 14.3. The normalized spacial score (nSPS) is 35.4. The molecular weight excluding hydrogens is 625 g/mol. The van der Waals surface area contributed by atoms with E-state index in [2.05, 4.69) is 4.84 Å². The lowest BCUT2D eigenvalue weighted by Crippen LogP contribution is -2.70. The molecule has 0 aliphatic heterocycles. The fraction of sp³-hybridized carbons (Fsp3) is 0.611. The quantitative estimate of drug-likeness (QED) is 0.204. The molecule has 1 aromatic rings. The highest BCUT2D eigenvalue weighted by Gasteiger charge is 2.77. The number of aliphatic hydroxyl groups excluding tert-OH is 1. The van der Waals surface area contributed by atoms with E-state index in [1.165, 1.54) is 12.2 Å². The van der Waals surface area contributed by atoms with E-state index in [0.717, 1.165) is 6.42 Å². The largest absolute Gasteiger partial charge is 0.457 e. The Labute approximate surface area is 279 Å². The van der Waals surface area contributed by atoms with Crippen molar-refractivity contribution < 1.29 is 53.4 Å². The molecule has 0 saturated heterocycles. The van der Waals surface area contributed by atoms with Crippen molar-refractivity contribution in [2.45, 2.75) is 103 Å². The molecule has 5 rings (SSSR count). The minimum absolute atomic E-state index is 0.0819. The van der Waals surface area contributed by atoms with Gasteiger partial charge in [0, 0.05) is 29.1 Å². The molecule has 3 N–H and O–H groups in total. The van der Waals surface area contributed by atoms with E-state index in [9.17, 15) is 24.3 Å². The summed E-state index contributed by atoms with van der Waals surface area (Å²) in [5.41, 5.74) is -4.43. The van der Waals surface area contributed by atoms with Crippen molar-refractivity contribution in [3.05, 3.63) is 59.2 Å². The molecule has 0 aromatic heterocycles. The maximum absolute atomic E-state index is 17.7. The van der Waals surface area contributed by atoms with Crippen LogP contribution in [0.15, 0.2) is 48.1 Å². The Morgan fingerprint density at radius 2 is 1.75 bits per heavy atom. The van der Waals surface area contributed by atoms with E-state index in [4.69, 9.17) is 19.9 Å². The predicted molar refractivity (Wildman–Crippen MR) is 168 cm³/mol. The molecule has 12 heteroatoms. The lowest BCUT2D eigenvalue weighted by Gasteiger charge is -2.62. The summed E-state index contributed by atoms with van der Waals surface area (Å²) >= 11 is 0. The Morgan fingerprint density at radius 1 is 1.06 bits per heavy atom. The number of carbonyl (C=O) groups excluding carboxylic acids is 4. The number of benzene rings is 1. The molecule has 262 valence electrons.